The zero-order valence-electron chi connectivity index (χ0n) is 10.5. The summed E-state index contributed by atoms with van der Waals surface area (Å²) in [5, 5.41) is -0.790. The largest absolute Gasteiger partial charge is 0.772 e. The van der Waals surface area contributed by atoms with Gasteiger partial charge in [0.2, 0.25) is 0 Å². The minimum Gasteiger partial charge on any atom is -0.248 e. The van der Waals surface area contributed by atoms with E-state index in [1.54, 1.807) is 6.66 Å². The van der Waals surface area contributed by atoms with Crippen molar-refractivity contribution in [3.8, 4) is 0 Å². The Bertz CT molecular complexity index is 265. The average molecular weight is 259 g/mol. The number of halogens is 3. The Labute approximate surface area is 92.1 Å². The summed E-state index contributed by atoms with van der Waals surface area (Å²) in [4.78, 5) is 0. The van der Waals surface area contributed by atoms with Crippen LogP contribution in [0.2, 0.25) is 0 Å². The molecule has 92 valence electrons. The van der Waals surface area contributed by atoms with E-state index in [0.717, 1.165) is 0 Å². The molecule has 0 radical (unpaired) electrons. The van der Waals surface area contributed by atoms with E-state index >= 15 is 0 Å². The van der Waals surface area contributed by atoms with E-state index < -0.39 is 26.6 Å². The van der Waals surface area contributed by atoms with E-state index in [1.165, 1.54) is 0 Å². The van der Waals surface area contributed by atoms with Gasteiger partial charge in [0.1, 0.15) is 0 Å². The maximum absolute atomic E-state index is 12.6. The first-order chi connectivity index (χ1) is 6.21. The maximum Gasteiger partial charge on any atom is 0.772 e. The van der Waals surface area contributed by atoms with Crippen LogP contribution >= 0.6 is 7.05 Å². The van der Waals surface area contributed by atoms with Crippen molar-refractivity contribution in [3.05, 3.63) is 0 Å². The fraction of sp³-hybridized carbons (Fsp3) is 1.00. The van der Waals surface area contributed by atoms with Gasteiger partial charge in [0.05, 0.1) is 0 Å². The van der Waals surface area contributed by atoms with E-state index in [1.807, 2.05) is 41.5 Å². The topological polar surface area (TPSA) is 12.4 Å². The second kappa shape index (κ2) is 3.92. The zero-order chi connectivity index (χ0) is 12.7. The van der Waals surface area contributed by atoms with Gasteiger partial charge in [0.25, 0.3) is 0 Å². The van der Waals surface area contributed by atoms with Crippen molar-refractivity contribution in [2.45, 2.75) is 51.9 Å². The van der Waals surface area contributed by atoms with Crippen LogP contribution in [-0.2, 0) is 0 Å². The molecule has 0 aliphatic carbocycles. The molecule has 0 rings (SSSR count). The summed E-state index contributed by atoms with van der Waals surface area (Å²) >= 11 is 0. The Morgan fingerprint density at radius 3 is 1.20 bits per heavy atom. The summed E-state index contributed by atoms with van der Waals surface area (Å²) < 4.78 is 41.2. The molecule has 0 saturated heterocycles. The molecule has 15 heavy (non-hydrogen) atoms. The quantitative estimate of drug-likeness (QED) is 0.366. The Balaban J connectivity index is 5.77. The van der Waals surface area contributed by atoms with Crippen molar-refractivity contribution >= 4 is 16.3 Å². The van der Waals surface area contributed by atoms with E-state index in [2.05, 4.69) is 4.41 Å². The molecule has 0 heterocycles. The first-order valence-corrected chi connectivity index (χ1v) is 8.65. The highest BCUT2D eigenvalue weighted by atomic mass is 31.2. The van der Waals surface area contributed by atoms with Gasteiger partial charge in [-0.2, -0.15) is 0 Å². The SMILES string of the molecule is CC(C)(C)P(C)(=N[Si](F)(F)F)C(C)(C)C. The third-order valence-electron chi connectivity index (χ3n) is 2.93. The Hall–Kier alpha value is 0.237. The molecular weight excluding hydrogens is 238 g/mol. The van der Waals surface area contributed by atoms with Gasteiger partial charge in [-0.25, -0.2) is 16.7 Å². The van der Waals surface area contributed by atoms with Crippen LogP contribution in [0, 0.1) is 0 Å². The predicted octanol–water partition coefficient (Wildman–Crippen LogP) is 4.76. The highest BCUT2D eigenvalue weighted by Crippen LogP contribution is 2.67. The van der Waals surface area contributed by atoms with Crippen molar-refractivity contribution in [3.63, 3.8) is 0 Å². The van der Waals surface area contributed by atoms with Crippen molar-refractivity contribution in [2.24, 2.45) is 4.41 Å². The summed E-state index contributed by atoms with van der Waals surface area (Å²) in [6, 6.07) is 0. The van der Waals surface area contributed by atoms with Crippen LogP contribution < -0.4 is 0 Å². The van der Waals surface area contributed by atoms with E-state index in [9.17, 15) is 12.3 Å². The molecule has 0 fully saturated rings. The highest BCUT2D eigenvalue weighted by Gasteiger charge is 2.47. The molecule has 0 bridgehead atoms. The Morgan fingerprint density at radius 1 is 0.867 bits per heavy atom. The fourth-order valence-corrected chi connectivity index (χ4v) is 7.76. The number of hydrogen-bond acceptors (Lipinski definition) is 1. The van der Waals surface area contributed by atoms with Gasteiger partial charge in [0.15, 0.2) is 0 Å². The highest BCUT2D eigenvalue weighted by molar-refractivity contribution is 7.69. The van der Waals surface area contributed by atoms with E-state index in [0.29, 0.717) is 0 Å². The molecule has 0 N–H and O–H groups in total. The van der Waals surface area contributed by atoms with Crippen molar-refractivity contribution in [1.82, 2.24) is 0 Å². The van der Waals surface area contributed by atoms with Crippen LogP contribution in [0.25, 0.3) is 0 Å². The van der Waals surface area contributed by atoms with Gasteiger partial charge >= 0.3 is 9.24 Å². The van der Waals surface area contributed by atoms with Crippen LogP contribution in [-0.4, -0.2) is 26.2 Å². The third-order valence-corrected chi connectivity index (χ3v) is 10.7. The molecule has 0 aromatic carbocycles. The predicted molar refractivity (Wildman–Crippen MR) is 63.9 cm³/mol. The molecule has 0 saturated carbocycles. The number of hydrogen-bond donors (Lipinski definition) is 0. The molecule has 0 aromatic rings. The number of nitrogens with zero attached hydrogens (tertiary/aromatic N) is 1. The lowest BCUT2D eigenvalue weighted by Crippen LogP contribution is -2.30. The van der Waals surface area contributed by atoms with Gasteiger partial charge in [0, 0.05) is 0 Å². The van der Waals surface area contributed by atoms with Crippen molar-refractivity contribution in [2.75, 3.05) is 6.66 Å². The summed E-state index contributed by atoms with van der Waals surface area (Å²) in [5.41, 5.74) is 0. The monoisotopic (exact) mass is 259 g/mol. The molecule has 0 unspecified atom stereocenters. The average Bonchev–Trinajstić information content (AvgIpc) is 1.77. The smallest absolute Gasteiger partial charge is 0.248 e. The first-order valence-electron chi connectivity index (χ1n) is 4.88. The minimum absolute atomic E-state index is 0.395. The van der Waals surface area contributed by atoms with Crippen LogP contribution in [0.5, 0.6) is 0 Å². The molecule has 0 amide bonds. The Kier molecular flexibility index (Phi) is 3.98. The first kappa shape index (κ1) is 15.2. The van der Waals surface area contributed by atoms with Crippen LogP contribution in [0.4, 0.5) is 12.3 Å². The lowest BCUT2D eigenvalue weighted by Gasteiger charge is -2.44. The van der Waals surface area contributed by atoms with Crippen LogP contribution in [0.1, 0.15) is 41.5 Å². The molecule has 0 aliphatic rings. The minimum atomic E-state index is -5.84. The maximum atomic E-state index is 12.6. The molecule has 0 spiro atoms. The molecule has 0 atom stereocenters. The summed E-state index contributed by atoms with van der Waals surface area (Å²) in [5.74, 6) is 0. The van der Waals surface area contributed by atoms with Gasteiger partial charge in [-0.15, -0.1) is 0 Å². The molecule has 0 aromatic heterocycles. The van der Waals surface area contributed by atoms with Crippen LogP contribution in [0.15, 0.2) is 4.41 Å². The molecule has 6 heteroatoms. The zero-order valence-corrected chi connectivity index (χ0v) is 12.4. The van der Waals surface area contributed by atoms with Crippen LogP contribution in [0.3, 0.4) is 0 Å². The molecule has 1 nitrogen and oxygen atoms in total. The van der Waals surface area contributed by atoms with Gasteiger partial charge in [-0.3, -0.25) is 0 Å². The van der Waals surface area contributed by atoms with Crippen molar-refractivity contribution < 1.29 is 12.3 Å². The molecular formula is C9H21F3NPSi. The summed E-state index contributed by atoms with van der Waals surface area (Å²) in [6.07, 6.45) is 0. The van der Waals surface area contributed by atoms with Gasteiger partial charge in [-0.1, -0.05) is 41.5 Å². The summed E-state index contributed by atoms with van der Waals surface area (Å²) in [7, 11) is -8.23. The van der Waals surface area contributed by atoms with E-state index in [4.69, 9.17) is 0 Å². The van der Waals surface area contributed by atoms with Crippen molar-refractivity contribution in [1.29, 1.82) is 0 Å². The standard InChI is InChI=1S/C9H21F3NPSi/c1-8(2,3)14(7,9(4,5)6)13-15(10,11)12/h1-7H3. The normalized spacial score (nSPS) is 15.3. The molecule has 0 aliphatic heterocycles. The van der Waals surface area contributed by atoms with Gasteiger partial charge in [-0.05, 0) is 24.0 Å². The third kappa shape index (κ3) is 3.63. The number of rotatable bonds is 1. The summed E-state index contributed by atoms with van der Waals surface area (Å²) in [6.45, 7) is 12.9. The second-order valence-corrected chi connectivity index (χ2v) is 12.2. The lowest BCUT2D eigenvalue weighted by atomic mass is 10.2. The fourth-order valence-electron chi connectivity index (χ4n) is 1.53. The van der Waals surface area contributed by atoms with Gasteiger partial charge < -0.3 is 0 Å². The Morgan fingerprint density at radius 2 is 1.13 bits per heavy atom. The lowest BCUT2D eigenvalue weighted by molar-refractivity contribution is 0.476. The second-order valence-electron chi connectivity index (χ2n) is 5.87. The van der Waals surface area contributed by atoms with E-state index in [-0.39, 0.29) is 0 Å².